The molecule has 1 amide bonds. The number of carbonyl (C=O) groups is 1. The number of phenols is 1. The Balaban J connectivity index is 2.07. The molecule has 0 bridgehead atoms. The SMILES string of the molecule is Cc1cccc(C(=O)N2CCCc3cccc(O)c32)c1F. The lowest BCUT2D eigenvalue weighted by Crippen LogP contribution is -2.36. The largest absolute Gasteiger partial charge is 0.506 e. The Labute approximate surface area is 122 Å². The van der Waals surface area contributed by atoms with Crippen molar-refractivity contribution in [3.8, 4) is 5.75 Å². The van der Waals surface area contributed by atoms with Gasteiger partial charge >= 0.3 is 0 Å². The monoisotopic (exact) mass is 285 g/mol. The summed E-state index contributed by atoms with van der Waals surface area (Å²) in [5.74, 6) is -0.836. The summed E-state index contributed by atoms with van der Waals surface area (Å²) >= 11 is 0. The second-order valence-corrected chi connectivity index (χ2v) is 5.28. The van der Waals surface area contributed by atoms with Gasteiger partial charge in [-0.2, -0.15) is 0 Å². The summed E-state index contributed by atoms with van der Waals surface area (Å²) in [6.45, 7) is 2.12. The zero-order valence-corrected chi connectivity index (χ0v) is 11.8. The van der Waals surface area contributed by atoms with Crippen LogP contribution >= 0.6 is 0 Å². The molecule has 21 heavy (non-hydrogen) atoms. The maximum Gasteiger partial charge on any atom is 0.261 e. The maximum atomic E-state index is 14.2. The molecule has 2 aromatic rings. The smallest absolute Gasteiger partial charge is 0.261 e. The zero-order chi connectivity index (χ0) is 15.0. The number of para-hydroxylation sites is 1. The summed E-state index contributed by atoms with van der Waals surface area (Å²) in [7, 11) is 0. The van der Waals surface area contributed by atoms with Gasteiger partial charge in [0.1, 0.15) is 11.6 Å². The van der Waals surface area contributed by atoms with E-state index in [4.69, 9.17) is 0 Å². The molecule has 3 nitrogen and oxygen atoms in total. The van der Waals surface area contributed by atoms with Crippen LogP contribution in [0, 0.1) is 12.7 Å². The molecule has 0 atom stereocenters. The third-order valence-corrected chi connectivity index (χ3v) is 3.86. The molecule has 0 aliphatic carbocycles. The number of fused-ring (bicyclic) bond motifs is 1. The molecule has 0 spiro atoms. The van der Waals surface area contributed by atoms with Crippen molar-refractivity contribution in [2.24, 2.45) is 0 Å². The molecule has 1 aliphatic heterocycles. The van der Waals surface area contributed by atoms with Gasteiger partial charge in [-0.25, -0.2) is 4.39 Å². The summed E-state index contributed by atoms with van der Waals surface area (Å²) in [4.78, 5) is 14.1. The minimum atomic E-state index is -0.495. The second kappa shape index (κ2) is 5.20. The predicted molar refractivity (Wildman–Crippen MR) is 79.2 cm³/mol. The Morgan fingerprint density at radius 3 is 2.81 bits per heavy atom. The van der Waals surface area contributed by atoms with Crippen molar-refractivity contribution in [2.45, 2.75) is 19.8 Å². The number of nitrogens with zero attached hydrogens (tertiary/aromatic N) is 1. The van der Waals surface area contributed by atoms with Crippen LogP contribution in [0.5, 0.6) is 5.75 Å². The summed E-state index contributed by atoms with van der Waals surface area (Å²) < 4.78 is 14.2. The quantitative estimate of drug-likeness (QED) is 0.872. The standard InChI is InChI=1S/C17H16FNO2/c1-11-5-2-8-13(15(11)18)17(21)19-10-4-7-12-6-3-9-14(20)16(12)19/h2-3,5-6,8-9,20H,4,7,10H2,1H3. The van der Waals surface area contributed by atoms with Crippen LogP contribution in [0.15, 0.2) is 36.4 Å². The number of rotatable bonds is 1. The van der Waals surface area contributed by atoms with E-state index in [-0.39, 0.29) is 11.3 Å². The fourth-order valence-electron chi connectivity index (χ4n) is 2.79. The van der Waals surface area contributed by atoms with E-state index < -0.39 is 11.7 Å². The molecule has 0 radical (unpaired) electrons. The molecule has 1 heterocycles. The maximum absolute atomic E-state index is 14.2. The summed E-state index contributed by atoms with van der Waals surface area (Å²) in [6, 6.07) is 9.99. The molecule has 2 aromatic carbocycles. The van der Waals surface area contributed by atoms with Gasteiger partial charge in [0.05, 0.1) is 11.3 Å². The third kappa shape index (κ3) is 2.27. The van der Waals surface area contributed by atoms with Crippen molar-refractivity contribution >= 4 is 11.6 Å². The Bertz CT molecular complexity index is 712. The van der Waals surface area contributed by atoms with E-state index in [1.807, 2.05) is 6.07 Å². The molecule has 0 saturated heterocycles. The van der Waals surface area contributed by atoms with Crippen LogP contribution < -0.4 is 4.90 Å². The molecule has 108 valence electrons. The number of aromatic hydroxyl groups is 1. The minimum Gasteiger partial charge on any atom is -0.506 e. The number of anilines is 1. The van der Waals surface area contributed by atoms with E-state index >= 15 is 0 Å². The van der Waals surface area contributed by atoms with Crippen molar-refractivity contribution in [1.29, 1.82) is 0 Å². The third-order valence-electron chi connectivity index (χ3n) is 3.86. The van der Waals surface area contributed by atoms with Gasteiger partial charge < -0.3 is 10.0 Å². The molecule has 4 heteroatoms. The Morgan fingerprint density at radius 1 is 1.24 bits per heavy atom. The zero-order valence-electron chi connectivity index (χ0n) is 11.8. The normalized spacial score (nSPS) is 13.9. The van der Waals surface area contributed by atoms with E-state index in [1.54, 1.807) is 31.2 Å². The number of hydrogen-bond donors (Lipinski definition) is 1. The van der Waals surface area contributed by atoms with Crippen molar-refractivity contribution in [1.82, 2.24) is 0 Å². The number of carbonyl (C=O) groups excluding carboxylic acids is 1. The Hall–Kier alpha value is -2.36. The number of benzene rings is 2. The summed E-state index contributed by atoms with van der Waals surface area (Å²) in [6.07, 6.45) is 1.61. The van der Waals surface area contributed by atoms with Crippen LogP contribution in [-0.4, -0.2) is 17.6 Å². The topological polar surface area (TPSA) is 40.5 Å². The number of aryl methyl sites for hydroxylation is 2. The van der Waals surface area contributed by atoms with Crippen LogP contribution in [0.4, 0.5) is 10.1 Å². The van der Waals surface area contributed by atoms with Crippen LogP contribution in [-0.2, 0) is 6.42 Å². The van der Waals surface area contributed by atoms with Gasteiger partial charge in [0.2, 0.25) is 0 Å². The summed E-state index contributed by atoms with van der Waals surface area (Å²) in [5.41, 5.74) is 1.92. The first-order valence-corrected chi connectivity index (χ1v) is 6.97. The number of halogens is 1. The highest BCUT2D eigenvalue weighted by molar-refractivity contribution is 6.07. The van der Waals surface area contributed by atoms with Crippen LogP contribution in [0.1, 0.15) is 27.9 Å². The fraction of sp³-hybridized carbons (Fsp3) is 0.235. The molecule has 1 aliphatic rings. The Morgan fingerprint density at radius 2 is 2.00 bits per heavy atom. The first-order valence-electron chi connectivity index (χ1n) is 6.97. The molecule has 0 aromatic heterocycles. The number of hydrogen-bond acceptors (Lipinski definition) is 2. The van der Waals surface area contributed by atoms with E-state index in [0.717, 1.165) is 18.4 Å². The highest BCUT2D eigenvalue weighted by Gasteiger charge is 2.27. The molecule has 3 rings (SSSR count). The highest BCUT2D eigenvalue weighted by Crippen LogP contribution is 2.36. The van der Waals surface area contributed by atoms with Gasteiger partial charge in [0, 0.05) is 6.54 Å². The minimum absolute atomic E-state index is 0.0473. The first-order chi connectivity index (χ1) is 10.1. The van der Waals surface area contributed by atoms with Crippen molar-refractivity contribution in [3.63, 3.8) is 0 Å². The van der Waals surface area contributed by atoms with Crippen LogP contribution in [0.2, 0.25) is 0 Å². The van der Waals surface area contributed by atoms with Crippen molar-refractivity contribution < 1.29 is 14.3 Å². The average molecular weight is 285 g/mol. The van der Waals surface area contributed by atoms with Gasteiger partial charge in [0.25, 0.3) is 5.91 Å². The van der Waals surface area contributed by atoms with Gasteiger partial charge in [0.15, 0.2) is 0 Å². The number of phenolic OH excluding ortho intramolecular Hbond substituents is 1. The number of amides is 1. The van der Waals surface area contributed by atoms with Crippen molar-refractivity contribution in [3.05, 3.63) is 58.9 Å². The van der Waals surface area contributed by atoms with Gasteiger partial charge in [-0.05, 0) is 43.0 Å². The van der Waals surface area contributed by atoms with E-state index in [9.17, 15) is 14.3 Å². The molecule has 0 unspecified atom stereocenters. The van der Waals surface area contributed by atoms with Crippen molar-refractivity contribution in [2.75, 3.05) is 11.4 Å². The molecule has 1 N–H and O–H groups in total. The van der Waals surface area contributed by atoms with E-state index in [0.29, 0.717) is 17.8 Å². The lowest BCUT2D eigenvalue weighted by atomic mass is 9.99. The lowest BCUT2D eigenvalue weighted by molar-refractivity contribution is 0.0980. The fourth-order valence-corrected chi connectivity index (χ4v) is 2.79. The Kier molecular flexibility index (Phi) is 3.37. The van der Waals surface area contributed by atoms with E-state index in [1.165, 1.54) is 11.0 Å². The van der Waals surface area contributed by atoms with Gasteiger partial charge in [-0.3, -0.25) is 4.79 Å². The molecular formula is C17H16FNO2. The van der Waals surface area contributed by atoms with E-state index in [2.05, 4.69) is 0 Å². The summed E-state index contributed by atoms with van der Waals surface area (Å²) in [5, 5.41) is 10.1. The second-order valence-electron chi connectivity index (χ2n) is 5.28. The molecule has 0 fully saturated rings. The van der Waals surface area contributed by atoms with Gasteiger partial charge in [-0.15, -0.1) is 0 Å². The first kappa shape index (κ1) is 13.6. The molecule has 0 saturated carbocycles. The van der Waals surface area contributed by atoms with Crippen LogP contribution in [0.25, 0.3) is 0 Å². The van der Waals surface area contributed by atoms with Gasteiger partial charge in [-0.1, -0.05) is 24.3 Å². The molecular weight excluding hydrogens is 269 g/mol. The highest BCUT2D eigenvalue weighted by atomic mass is 19.1. The average Bonchev–Trinajstić information content (AvgIpc) is 2.49. The lowest BCUT2D eigenvalue weighted by Gasteiger charge is -2.30. The predicted octanol–water partition coefficient (Wildman–Crippen LogP) is 3.43. The van der Waals surface area contributed by atoms with Crippen LogP contribution in [0.3, 0.4) is 0 Å².